The Morgan fingerprint density at radius 3 is 3.11 bits per heavy atom. The number of carbonyl (C=O) groups excluding carboxylic acids is 1. The number of aryl methyl sites for hydroxylation is 1. The summed E-state index contributed by atoms with van der Waals surface area (Å²) in [4.78, 5) is 38.3. The molecule has 10 heteroatoms. The maximum atomic E-state index is 12.8. The summed E-state index contributed by atoms with van der Waals surface area (Å²) in [6.07, 6.45) is 7.62. The van der Waals surface area contributed by atoms with Crippen LogP contribution in [0.3, 0.4) is 0 Å². The number of thioether (sulfide) groups is 1. The monoisotopic (exact) mass is 395 g/mol. The molecule has 1 aliphatic heterocycles. The second-order valence-corrected chi connectivity index (χ2v) is 7.76. The van der Waals surface area contributed by atoms with Crippen LogP contribution >= 0.6 is 11.8 Å². The quantitative estimate of drug-likeness (QED) is 0.665. The Bertz CT molecular complexity index is 1110. The molecule has 0 fully saturated rings. The number of carbonyl (C=O) groups is 1. The van der Waals surface area contributed by atoms with Gasteiger partial charge in [0.15, 0.2) is 11.0 Å². The molecule has 5 rings (SSSR count). The first-order valence-electron chi connectivity index (χ1n) is 9.08. The summed E-state index contributed by atoms with van der Waals surface area (Å²) in [6, 6.07) is 3.25. The maximum Gasteiger partial charge on any atom is 0.257 e. The van der Waals surface area contributed by atoms with Gasteiger partial charge in [-0.1, -0.05) is 11.8 Å². The van der Waals surface area contributed by atoms with Gasteiger partial charge < -0.3 is 5.32 Å². The predicted molar refractivity (Wildman–Crippen MR) is 103 cm³/mol. The summed E-state index contributed by atoms with van der Waals surface area (Å²) >= 11 is 1.54. The molecule has 0 spiro atoms. The number of aromatic nitrogens is 6. The molecule has 3 aromatic rings. The highest BCUT2D eigenvalue weighted by molar-refractivity contribution is 7.99. The molecule has 3 aromatic heterocycles. The van der Waals surface area contributed by atoms with Crippen molar-refractivity contribution in [1.82, 2.24) is 29.3 Å². The van der Waals surface area contributed by atoms with Crippen LogP contribution < -0.4 is 10.9 Å². The molecule has 0 saturated heterocycles. The number of nitrogens with zero attached hydrogens (tertiary/aromatic N) is 6. The molecule has 9 nitrogen and oxygen atoms in total. The van der Waals surface area contributed by atoms with Crippen LogP contribution in [0.4, 0.5) is 5.82 Å². The number of amides is 1. The maximum absolute atomic E-state index is 12.8. The standard InChI is InChI=1S/C18H17N7O2S/c26-16(23-14-8-15(20-10-19-14)24-6-2-5-21-24)7-11-9-28-18-22-13-4-1-3-12(13)17(27)25(11)18/h2,5-6,8,10-11H,1,3-4,7,9H2,(H,19,20,23,26)/t11-/m1/s1. The smallest absolute Gasteiger partial charge is 0.257 e. The summed E-state index contributed by atoms with van der Waals surface area (Å²) in [5, 5.41) is 7.64. The van der Waals surface area contributed by atoms with Gasteiger partial charge in [-0.2, -0.15) is 5.10 Å². The highest BCUT2D eigenvalue weighted by Gasteiger charge is 2.31. The topological polar surface area (TPSA) is 108 Å². The average Bonchev–Trinajstić information content (AvgIpc) is 3.43. The lowest BCUT2D eigenvalue weighted by Crippen LogP contribution is -2.30. The van der Waals surface area contributed by atoms with E-state index >= 15 is 0 Å². The molecule has 0 radical (unpaired) electrons. The average molecular weight is 395 g/mol. The summed E-state index contributed by atoms with van der Waals surface area (Å²) in [6.45, 7) is 0. The third-order valence-corrected chi connectivity index (χ3v) is 6.05. The molecular formula is C18H17N7O2S. The van der Waals surface area contributed by atoms with Crippen LogP contribution in [-0.4, -0.2) is 41.0 Å². The molecule has 0 unspecified atom stereocenters. The molecule has 1 N–H and O–H groups in total. The minimum absolute atomic E-state index is 0.0169. The molecule has 4 heterocycles. The lowest BCUT2D eigenvalue weighted by molar-refractivity contribution is -0.116. The van der Waals surface area contributed by atoms with E-state index in [2.05, 4.69) is 25.4 Å². The number of rotatable bonds is 4. The van der Waals surface area contributed by atoms with E-state index in [0.717, 1.165) is 35.7 Å². The minimum Gasteiger partial charge on any atom is -0.310 e. The number of fused-ring (bicyclic) bond motifs is 2. The fourth-order valence-electron chi connectivity index (χ4n) is 3.66. The van der Waals surface area contributed by atoms with Gasteiger partial charge in [0.25, 0.3) is 5.56 Å². The van der Waals surface area contributed by atoms with E-state index in [1.165, 1.54) is 18.1 Å². The van der Waals surface area contributed by atoms with Gasteiger partial charge in [-0.3, -0.25) is 14.2 Å². The Balaban J connectivity index is 1.33. The van der Waals surface area contributed by atoms with Crippen LogP contribution in [0.2, 0.25) is 0 Å². The van der Waals surface area contributed by atoms with Gasteiger partial charge in [0, 0.05) is 36.2 Å². The van der Waals surface area contributed by atoms with Crippen LogP contribution in [0.1, 0.15) is 30.1 Å². The molecular weight excluding hydrogens is 378 g/mol. The first kappa shape index (κ1) is 17.1. The molecule has 2 aliphatic rings. The third kappa shape index (κ3) is 2.99. The molecule has 0 saturated carbocycles. The van der Waals surface area contributed by atoms with E-state index in [0.29, 0.717) is 17.4 Å². The Morgan fingerprint density at radius 2 is 2.25 bits per heavy atom. The third-order valence-electron chi connectivity index (χ3n) is 4.95. The highest BCUT2D eigenvalue weighted by Crippen LogP contribution is 2.34. The van der Waals surface area contributed by atoms with Crippen molar-refractivity contribution < 1.29 is 4.79 Å². The van der Waals surface area contributed by atoms with Crippen LogP contribution in [-0.2, 0) is 17.6 Å². The SMILES string of the molecule is O=C(C[C@@H]1CSc2nc3c(c(=O)n21)CCC3)Nc1cc(-n2cccn2)ncn1. The van der Waals surface area contributed by atoms with Crippen molar-refractivity contribution in [3.8, 4) is 5.82 Å². The Labute approximate surface area is 164 Å². The largest absolute Gasteiger partial charge is 0.310 e. The number of hydrogen-bond acceptors (Lipinski definition) is 7. The molecule has 28 heavy (non-hydrogen) atoms. The zero-order valence-electron chi connectivity index (χ0n) is 14.9. The summed E-state index contributed by atoms with van der Waals surface area (Å²) in [7, 11) is 0. The predicted octanol–water partition coefficient (Wildman–Crippen LogP) is 1.38. The normalized spacial score (nSPS) is 17.4. The number of nitrogens with one attached hydrogen (secondary N) is 1. The van der Waals surface area contributed by atoms with Crippen LogP contribution in [0.15, 0.2) is 40.8 Å². The fraction of sp³-hybridized carbons (Fsp3) is 0.333. The van der Waals surface area contributed by atoms with Crippen molar-refractivity contribution in [1.29, 1.82) is 0 Å². The van der Waals surface area contributed by atoms with Gasteiger partial charge in [0.05, 0.1) is 11.7 Å². The molecule has 1 aliphatic carbocycles. The van der Waals surface area contributed by atoms with E-state index in [4.69, 9.17) is 0 Å². The van der Waals surface area contributed by atoms with Crippen LogP contribution in [0.5, 0.6) is 0 Å². The van der Waals surface area contributed by atoms with Gasteiger partial charge in [-0.25, -0.2) is 19.6 Å². The zero-order chi connectivity index (χ0) is 19.1. The molecule has 0 bridgehead atoms. The molecule has 142 valence electrons. The van der Waals surface area contributed by atoms with Gasteiger partial charge in [0.1, 0.15) is 12.1 Å². The summed E-state index contributed by atoms with van der Waals surface area (Å²) in [5.74, 6) is 1.43. The van der Waals surface area contributed by atoms with Gasteiger partial charge in [-0.05, 0) is 25.3 Å². The van der Waals surface area contributed by atoms with Crippen LogP contribution in [0.25, 0.3) is 5.82 Å². The number of hydrogen-bond donors (Lipinski definition) is 1. The van der Waals surface area contributed by atoms with E-state index in [1.807, 2.05) is 0 Å². The Morgan fingerprint density at radius 1 is 1.32 bits per heavy atom. The van der Waals surface area contributed by atoms with Crippen molar-refractivity contribution in [3.05, 3.63) is 52.5 Å². The Kier molecular flexibility index (Phi) is 4.19. The van der Waals surface area contributed by atoms with Crippen molar-refractivity contribution in [2.75, 3.05) is 11.1 Å². The minimum atomic E-state index is -0.198. The van der Waals surface area contributed by atoms with E-state index in [-0.39, 0.29) is 23.9 Å². The summed E-state index contributed by atoms with van der Waals surface area (Å²) in [5.41, 5.74) is 1.76. The molecule has 1 atom stereocenters. The van der Waals surface area contributed by atoms with Gasteiger partial charge >= 0.3 is 0 Å². The second-order valence-electron chi connectivity index (χ2n) is 6.78. The van der Waals surface area contributed by atoms with Crippen LogP contribution in [0, 0.1) is 0 Å². The van der Waals surface area contributed by atoms with Gasteiger partial charge in [0.2, 0.25) is 5.91 Å². The van der Waals surface area contributed by atoms with E-state index in [1.54, 1.807) is 33.8 Å². The first-order chi connectivity index (χ1) is 13.7. The number of anilines is 1. The van der Waals surface area contributed by atoms with Gasteiger partial charge in [-0.15, -0.1) is 0 Å². The van der Waals surface area contributed by atoms with Crippen molar-refractivity contribution in [2.24, 2.45) is 0 Å². The zero-order valence-corrected chi connectivity index (χ0v) is 15.7. The van der Waals surface area contributed by atoms with Crippen molar-refractivity contribution in [2.45, 2.75) is 36.9 Å². The molecule has 0 aromatic carbocycles. The highest BCUT2D eigenvalue weighted by atomic mass is 32.2. The lowest BCUT2D eigenvalue weighted by Gasteiger charge is -2.14. The van der Waals surface area contributed by atoms with Crippen molar-refractivity contribution in [3.63, 3.8) is 0 Å². The van der Waals surface area contributed by atoms with Crippen molar-refractivity contribution >= 4 is 23.5 Å². The fourth-order valence-corrected chi connectivity index (χ4v) is 4.81. The van der Waals surface area contributed by atoms with E-state index < -0.39 is 0 Å². The summed E-state index contributed by atoms with van der Waals surface area (Å²) < 4.78 is 3.29. The second kappa shape index (κ2) is 6.86. The molecule has 1 amide bonds. The lowest BCUT2D eigenvalue weighted by atomic mass is 10.2. The Hall–Kier alpha value is -3.01. The van der Waals surface area contributed by atoms with E-state index in [9.17, 15) is 9.59 Å². The first-order valence-corrected chi connectivity index (χ1v) is 10.1.